The van der Waals surface area contributed by atoms with Crippen molar-refractivity contribution < 1.29 is 4.79 Å². The van der Waals surface area contributed by atoms with Crippen LogP contribution in [0.3, 0.4) is 0 Å². The van der Waals surface area contributed by atoms with Crippen LogP contribution in [0.1, 0.15) is 31.5 Å². The lowest BCUT2D eigenvalue weighted by Gasteiger charge is -2.10. The minimum absolute atomic E-state index is 0.208. The molecule has 0 aliphatic carbocycles. The molecule has 1 amide bonds. The zero-order chi connectivity index (χ0) is 17.7. The Labute approximate surface area is 152 Å². The number of thioether (sulfide) groups is 2. The second-order valence-electron chi connectivity index (χ2n) is 5.28. The van der Waals surface area contributed by atoms with Gasteiger partial charge in [-0.3, -0.25) is 14.9 Å². The molecule has 7 nitrogen and oxygen atoms in total. The zero-order valence-corrected chi connectivity index (χ0v) is 16.3. The van der Waals surface area contributed by atoms with Gasteiger partial charge in [-0.15, -0.1) is 10.2 Å². The van der Waals surface area contributed by atoms with Crippen LogP contribution in [-0.2, 0) is 10.5 Å². The first-order chi connectivity index (χ1) is 11.3. The zero-order valence-electron chi connectivity index (χ0n) is 13.8. The predicted octanol–water partition coefficient (Wildman–Crippen LogP) is 2.69. The number of nitrogens with one attached hydrogen (secondary N) is 2. The molecular weight excluding hydrogens is 366 g/mol. The van der Waals surface area contributed by atoms with E-state index in [1.165, 1.54) is 29.2 Å². The molecule has 2 heterocycles. The smallest absolute Gasteiger partial charge is 0.251 e. The van der Waals surface area contributed by atoms with E-state index in [9.17, 15) is 9.59 Å². The van der Waals surface area contributed by atoms with Crippen LogP contribution in [0.4, 0.5) is 5.13 Å². The summed E-state index contributed by atoms with van der Waals surface area (Å²) in [7, 11) is 0. The van der Waals surface area contributed by atoms with Gasteiger partial charge in [0.05, 0.1) is 10.9 Å². The number of nitrogens with zero attached hydrogens (tertiary/aromatic N) is 3. The van der Waals surface area contributed by atoms with E-state index in [0.717, 1.165) is 5.01 Å². The summed E-state index contributed by atoms with van der Waals surface area (Å²) in [6.45, 7) is 7.76. The first-order valence-electron chi connectivity index (χ1n) is 7.33. The van der Waals surface area contributed by atoms with Gasteiger partial charge < -0.3 is 4.98 Å². The number of hydrogen-bond donors (Lipinski definition) is 2. The third kappa shape index (κ3) is 5.91. The van der Waals surface area contributed by atoms with E-state index in [0.29, 0.717) is 27.0 Å². The highest BCUT2D eigenvalue weighted by molar-refractivity contribution is 8.00. The molecule has 130 valence electrons. The summed E-state index contributed by atoms with van der Waals surface area (Å²) < 4.78 is 0. The normalized spacial score (nSPS) is 12.4. The maximum Gasteiger partial charge on any atom is 0.251 e. The van der Waals surface area contributed by atoms with Crippen molar-refractivity contribution in [3.63, 3.8) is 0 Å². The van der Waals surface area contributed by atoms with Crippen LogP contribution in [0.15, 0.2) is 16.0 Å². The fraction of sp³-hybridized carbons (Fsp3) is 0.500. The summed E-state index contributed by atoms with van der Waals surface area (Å²) >= 11 is 4.24. The number of H-pyrrole nitrogens is 1. The van der Waals surface area contributed by atoms with E-state index in [1.807, 2.05) is 6.92 Å². The van der Waals surface area contributed by atoms with E-state index < -0.39 is 5.25 Å². The summed E-state index contributed by atoms with van der Waals surface area (Å²) in [4.78, 5) is 31.1. The van der Waals surface area contributed by atoms with Crippen molar-refractivity contribution in [2.24, 2.45) is 0 Å². The Morgan fingerprint density at radius 2 is 2.12 bits per heavy atom. The summed E-state index contributed by atoms with van der Waals surface area (Å²) in [5.74, 6) is 0.459. The van der Waals surface area contributed by atoms with Gasteiger partial charge in [0.2, 0.25) is 11.0 Å². The van der Waals surface area contributed by atoms with E-state index in [2.05, 4.69) is 39.3 Å². The molecule has 1 atom stereocenters. The maximum atomic E-state index is 12.2. The molecule has 0 aliphatic rings. The molecule has 0 aliphatic heterocycles. The Hall–Kier alpha value is -1.39. The second kappa shape index (κ2) is 8.63. The molecule has 0 spiro atoms. The molecule has 1 unspecified atom stereocenters. The highest BCUT2D eigenvalue weighted by Gasteiger charge is 2.18. The minimum Gasteiger partial charge on any atom is -0.301 e. The number of amides is 1. The standard InChI is InChI=1S/C14H19N5O2S3/c1-7(2)22-6-10-5-11(20)16-13(15-10)23-8(3)12(21)17-14-19-18-9(4)24-14/h5,7-8H,6H2,1-4H3,(H,15,16,20)(H,17,19,21). The quantitative estimate of drug-likeness (QED) is 0.558. The van der Waals surface area contributed by atoms with Crippen LogP contribution in [0.25, 0.3) is 0 Å². The lowest BCUT2D eigenvalue weighted by molar-refractivity contribution is -0.115. The summed E-state index contributed by atoms with van der Waals surface area (Å²) in [5.41, 5.74) is 0.506. The van der Waals surface area contributed by atoms with Gasteiger partial charge in [0.1, 0.15) is 5.01 Å². The van der Waals surface area contributed by atoms with Crippen LogP contribution >= 0.6 is 34.9 Å². The molecule has 0 aromatic carbocycles. The lowest BCUT2D eigenvalue weighted by atomic mass is 10.4. The molecule has 24 heavy (non-hydrogen) atoms. The number of carbonyl (C=O) groups excluding carboxylic acids is 1. The highest BCUT2D eigenvalue weighted by atomic mass is 32.2. The Kier molecular flexibility index (Phi) is 6.81. The van der Waals surface area contributed by atoms with Gasteiger partial charge in [0, 0.05) is 11.8 Å². The summed E-state index contributed by atoms with van der Waals surface area (Å²) in [5, 5.41) is 12.2. The van der Waals surface area contributed by atoms with E-state index >= 15 is 0 Å². The predicted molar refractivity (Wildman–Crippen MR) is 99.9 cm³/mol. The Balaban J connectivity index is 2.00. The van der Waals surface area contributed by atoms with Crippen molar-refractivity contribution >= 4 is 45.9 Å². The topological polar surface area (TPSA) is 101 Å². The molecule has 10 heteroatoms. The molecule has 0 fully saturated rings. The minimum atomic E-state index is -0.426. The SMILES string of the molecule is Cc1nnc(NC(=O)C(C)Sc2nc(CSC(C)C)cc(=O)[nH]2)s1. The maximum absolute atomic E-state index is 12.2. The van der Waals surface area contributed by atoms with Gasteiger partial charge in [0.15, 0.2) is 5.16 Å². The van der Waals surface area contributed by atoms with Gasteiger partial charge >= 0.3 is 0 Å². The van der Waals surface area contributed by atoms with Crippen molar-refractivity contribution in [3.05, 3.63) is 27.1 Å². The largest absolute Gasteiger partial charge is 0.301 e. The molecule has 0 bridgehead atoms. The molecule has 0 saturated carbocycles. The number of anilines is 1. The van der Waals surface area contributed by atoms with E-state index in [4.69, 9.17) is 0 Å². The number of rotatable bonds is 7. The van der Waals surface area contributed by atoms with E-state index in [1.54, 1.807) is 18.7 Å². The molecule has 0 saturated heterocycles. The number of hydrogen-bond acceptors (Lipinski definition) is 8. The fourth-order valence-corrected chi connectivity index (χ4v) is 3.72. The van der Waals surface area contributed by atoms with Gasteiger partial charge in [-0.2, -0.15) is 11.8 Å². The van der Waals surface area contributed by atoms with Gasteiger partial charge in [-0.05, 0) is 19.1 Å². The summed E-state index contributed by atoms with van der Waals surface area (Å²) in [6, 6.07) is 1.49. The van der Waals surface area contributed by atoms with Crippen molar-refractivity contribution in [3.8, 4) is 0 Å². The molecule has 0 radical (unpaired) electrons. The first kappa shape index (κ1) is 18.9. The molecule has 2 rings (SSSR count). The molecule has 2 aromatic heterocycles. The number of aromatic nitrogens is 4. The van der Waals surface area contributed by atoms with Crippen LogP contribution in [0, 0.1) is 6.92 Å². The Bertz CT molecular complexity index is 759. The molecule has 2 N–H and O–H groups in total. The summed E-state index contributed by atoms with van der Waals surface area (Å²) in [6.07, 6.45) is 0. The third-order valence-corrected chi connectivity index (χ3v) is 5.62. The van der Waals surface area contributed by atoms with Gasteiger partial charge in [-0.1, -0.05) is 36.9 Å². The average Bonchev–Trinajstić information content (AvgIpc) is 2.89. The van der Waals surface area contributed by atoms with Crippen molar-refractivity contribution in [1.82, 2.24) is 20.2 Å². The average molecular weight is 386 g/mol. The van der Waals surface area contributed by atoms with Crippen molar-refractivity contribution in [1.29, 1.82) is 0 Å². The number of aromatic amines is 1. The third-order valence-electron chi connectivity index (χ3n) is 2.75. The molecule has 2 aromatic rings. The second-order valence-corrected chi connectivity index (χ2v) is 9.35. The van der Waals surface area contributed by atoms with E-state index in [-0.39, 0.29) is 11.5 Å². The van der Waals surface area contributed by atoms with Crippen molar-refractivity contribution in [2.75, 3.05) is 5.32 Å². The number of carbonyl (C=O) groups is 1. The molecular formula is C14H19N5O2S3. The fourth-order valence-electron chi connectivity index (χ4n) is 1.64. The monoisotopic (exact) mass is 385 g/mol. The van der Waals surface area contributed by atoms with Crippen LogP contribution in [0.2, 0.25) is 0 Å². The van der Waals surface area contributed by atoms with Crippen LogP contribution in [0.5, 0.6) is 0 Å². The Morgan fingerprint density at radius 1 is 1.38 bits per heavy atom. The van der Waals surface area contributed by atoms with Crippen LogP contribution in [-0.4, -0.2) is 36.6 Å². The van der Waals surface area contributed by atoms with Crippen LogP contribution < -0.4 is 10.9 Å². The van der Waals surface area contributed by atoms with Gasteiger partial charge in [0.25, 0.3) is 5.56 Å². The highest BCUT2D eigenvalue weighted by Crippen LogP contribution is 2.22. The van der Waals surface area contributed by atoms with Gasteiger partial charge in [-0.25, -0.2) is 4.98 Å². The first-order valence-corrected chi connectivity index (χ1v) is 10.1. The number of aryl methyl sites for hydroxylation is 1. The Morgan fingerprint density at radius 3 is 2.75 bits per heavy atom. The lowest BCUT2D eigenvalue weighted by Crippen LogP contribution is -2.23. The van der Waals surface area contributed by atoms with Crippen molar-refractivity contribution in [2.45, 2.75) is 49.1 Å².